The molecule has 2 atom stereocenters. The van der Waals surface area contributed by atoms with E-state index in [1.165, 1.54) is 32.1 Å². The second-order valence-corrected chi connectivity index (χ2v) is 6.48. The van der Waals surface area contributed by atoms with E-state index < -0.39 is 0 Å². The zero-order valence-electron chi connectivity index (χ0n) is 11.9. The molecule has 0 amide bonds. The van der Waals surface area contributed by atoms with Crippen molar-refractivity contribution >= 4 is 12.2 Å². The minimum Gasteiger partial charge on any atom is -0.301 e. The highest BCUT2D eigenvalue weighted by molar-refractivity contribution is 7.71. The lowest BCUT2D eigenvalue weighted by Gasteiger charge is -2.47. The number of nitrogens with one attached hydrogen (secondary N) is 1. The summed E-state index contributed by atoms with van der Waals surface area (Å²) in [5.41, 5.74) is 0. The van der Waals surface area contributed by atoms with Gasteiger partial charge in [-0.3, -0.25) is 5.10 Å². The van der Waals surface area contributed by atoms with Crippen molar-refractivity contribution in [2.45, 2.75) is 70.0 Å². The third-order valence-electron chi connectivity index (χ3n) is 4.93. The maximum Gasteiger partial charge on any atom is 0.195 e. The quantitative estimate of drug-likeness (QED) is 0.865. The van der Waals surface area contributed by atoms with Gasteiger partial charge < -0.3 is 9.47 Å². The SMILES string of the molecule is CCCc1n[nH]c(=S)n1C1CC2CCCC(C1)N2C. The Hall–Kier alpha value is -0.680. The van der Waals surface area contributed by atoms with Crippen LogP contribution in [-0.2, 0) is 6.42 Å². The van der Waals surface area contributed by atoms with E-state index in [9.17, 15) is 0 Å². The monoisotopic (exact) mass is 280 g/mol. The number of hydrogen-bond acceptors (Lipinski definition) is 3. The van der Waals surface area contributed by atoms with E-state index in [1.807, 2.05) is 0 Å². The van der Waals surface area contributed by atoms with Gasteiger partial charge in [-0.25, -0.2) is 0 Å². The molecule has 3 heterocycles. The fraction of sp³-hybridized carbons (Fsp3) is 0.857. The summed E-state index contributed by atoms with van der Waals surface area (Å²) in [5, 5.41) is 7.42. The molecule has 0 saturated carbocycles. The zero-order valence-corrected chi connectivity index (χ0v) is 12.7. The molecule has 5 heteroatoms. The highest BCUT2D eigenvalue weighted by Crippen LogP contribution is 2.38. The Bertz CT molecular complexity index is 478. The molecule has 19 heavy (non-hydrogen) atoms. The molecule has 2 bridgehead atoms. The molecule has 1 aromatic rings. The summed E-state index contributed by atoms with van der Waals surface area (Å²) in [6, 6.07) is 2.03. The molecule has 106 valence electrons. The maximum atomic E-state index is 5.46. The Labute approximate surface area is 120 Å². The first-order valence-electron chi connectivity index (χ1n) is 7.58. The Morgan fingerprint density at radius 2 is 1.95 bits per heavy atom. The predicted octanol–water partition coefficient (Wildman–Crippen LogP) is 3.08. The molecule has 1 N–H and O–H groups in total. The number of aromatic nitrogens is 3. The van der Waals surface area contributed by atoms with Gasteiger partial charge in [0.25, 0.3) is 0 Å². The molecule has 0 aliphatic carbocycles. The van der Waals surface area contributed by atoms with Crippen LogP contribution in [0.4, 0.5) is 0 Å². The van der Waals surface area contributed by atoms with Crippen LogP contribution in [0.2, 0.25) is 0 Å². The minimum atomic E-state index is 0.555. The molecule has 4 nitrogen and oxygen atoms in total. The molecule has 2 unspecified atom stereocenters. The largest absolute Gasteiger partial charge is 0.301 e. The number of nitrogens with zero attached hydrogens (tertiary/aromatic N) is 3. The number of hydrogen-bond donors (Lipinski definition) is 1. The van der Waals surface area contributed by atoms with Crippen LogP contribution in [0.5, 0.6) is 0 Å². The highest BCUT2D eigenvalue weighted by atomic mass is 32.1. The molecule has 2 aliphatic rings. The second kappa shape index (κ2) is 5.37. The van der Waals surface area contributed by atoms with Crippen molar-refractivity contribution in [1.29, 1.82) is 0 Å². The van der Waals surface area contributed by atoms with E-state index in [0.717, 1.165) is 35.5 Å². The zero-order chi connectivity index (χ0) is 13.4. The molecule has 0 spiro atoms. The van der Waals surface area contributed by atoms with Crippen LogP contribution in [0.25, 0.3) is 0 Å². The van der Waals surface area contributed by atoms with Crippen LogP contribution in [0.1, 0.15) is 57.3 Å². The summed E-state index contributed by atoms with van der Waals surface area (Å²) in [5.74, 6) is 1.15. The fourth-order valence-corrected chi connectivity index (χ4v) is 4.21. The van der Waals surface area contributed by atoms with Crippen molar-refractivity contribution in [2.24, 2.45) is 0 Å². The Morgan fingerprint density at radius 1 is 1.26 bits per heavy atom. The van der Waals surface area contributed by atoms with Gasteiger partial charge in [0.15, 0.2) is 4.77 Å². The van der Waals surface area contributed by atoms with Crippen molar-refractivity contribution in [3.63, 3.8) is 0 Å². The van der Waals surface area contributed by atoms with Gasteiger partial charge in [0.1, 0.15) is 5.82 Å². The Morgan fingerprint density at radius 3 is 2.58 bits per heavy atom. The first kappa shape index (κ1) is 13.3. The third-order valence-corrected chi connectivity index (χ3v) is 5.22. The van der Waals surface area contributed by atoms with Crippen LogP contribution in [0.15, 0.2) is 0 Å². The first-order valence-corrected chi connectivity index (χ1v) is 7.99. The van der Waals surface area contributed by atoms with E-state index in [1.54, 1.807) is 0 Å². The van der Waals surface area contributed by atoms with Crippen LogP contribution in [0.3, 0.4) is 0 Å². The van der Waals surface area contributed by atoms with Gasteiger partial charge in [-0.2, -0.15) is 5.10 Å². The van der Waals surface area contributed by atoms with E-state index in [0.29, 0.717) is 6.04 Å². The second-order valence-electron chi connectivity index (χ2n) is 6.09. The molecular weight excluding hydrogens is 256 g/mol. The number of H-pyrrole nitrogens is 1. The summed E-state index contributed by atoms with van der Waals surface area (Å²) in [6.07, 6.45) is 8.70. The van der Waals surface area contributed by atoms with Crippen molar-refractivity contribution in [2.75, 3.05) is 7.05 Å². The van der Waals surface area contributed by atoms with Gasteiger partial charge in [-0.05, 0) is 51.4 Å². The van der Waals surface area contributed by atoms with Crippen LogP contribution in [-0.4, -0.2) is 38.8 Å². The van der Waals surface area contributed by atoms with Crippen molar-refractivity contribution < 1.29 is 0 Å². The summed E-state index contributed by atoms with van der Waals surface area (Å²) in [4.78, 5) is 2.60. The lowest BCUT2D eigenvalue weighted by molar-refractivity contribution is 0.0389. The molecule has 0 radical (unpaired) electrons. The van der Waals surface area contributed by atoms with Crippen LogP contribution in [0, 0.1) is 4.77 Å². The topological polar surface area (TPSA) is 36.9 Å². The lowest BCUT2D eigenvalue weighted by Crippen LogP contribution is -2.50. The number of aryl methyl sites for hydroxylation is 1. The molecule has 2 aliphatic heterocycles. The maximum absolute atomic E-state index is 5.46. The first-order chi connectivity index (χ1) is 9.20. The van der Waals surface area contributed by atoms with Gasteiger partial charge in [-0.1, -0.05) is 13.3 Å². The average molecular weight is 280 g/mol. The van der Waals surface area contributed by atoms with E-state index in [-0.39, 0.29) is 0 Å². The molecule has 2 fully saturated rings. The fourth-order valence-electron chi connectivity index (χ4n) is 3.91. The van der Waals surface area contributed by atoms with Crippen LogP contribution >= 0.6 is 12.2 Å². The smallest absolute Gasteiger partial charge is 0.195 e. The minimum absolute atomic E-state index is 0.555. The lowest BCUT2D eigenvalue weighted by atomic mass is 9.82. The average Bonchev–Trinajstić information content (AvgIpc) is 2.71. The standard InChI is InChI=1S/C14H24N4S/c1-3-5-13-15-16-14(19)18(13)12-8-10-6-4-7-11(9-12)17(10)2/h10-12H,3-9H2,1-2H3,(H,16,19). The van der Waals surface area contributed by atoms with E-state index >= 15 is 0 Å². The number of piperidine rings is 2. The molecule has 2 saturated heterocycles. The van der Waals surface area contributed by atoms with E-state index in [2.05, 4.69) is 33.6 Å². The Balaban J connectivity index is 1.87. The van der Waals surface area contributed by atoms with Gasteiger partial charge >= 0.3 is 0 Å². The molecule has 0 aromatic carbocycles. The summed E-state index contributed by atoms with van der Waals surface area (Å²) < 4.78 is 3.13. The van der Waals surface area contributed by atoms with Gasteiger partial charge in [0.05, 0.1) is 0 Å². The summed E-state index contributed by atoms with van der Waals surface area (Å²) in [6.45, 7) is 2.20. The highest BCUT2D eigenvalue weighted by Gasteiger charge is 2.37. The summed E-state index contributed by atoms with van der Waals surface area (Å²) >= 11 is 5.46. The number of fused-ring (bicyclic) bond motifs is 2. The van der Waals surface area contributed by atoms with Crippen molar-refractivity contribution in [3.8, 4) is 0 Å². The summed E-state index contributed by atoms with van der Waals surface area (Å²) in [7, 11) is 2.30. The van der Waals surface area contributed by atoms with Gasteiger partial charge in [-0.15, -0.1) is 0 Å². The Kier molecular flexibility index (Phi) is 3.76. The van der Waals surface area contributed by atoms with Gasteiger partial charge in [0, 0.05) is 24.5 Å². The van der Waals surface area contributed by atoms with Crippen molar-refractivity contribution in [3.05, 3.63) is 10.6 Å². The number of aromatic amines is 1. The van der Waals surface area contributed by atoms with Gasteiger partial charge in [0.2, 0.25) is 0 Å². The third kappa shape index (κ3) is 2.38. The molecule has 3 rings (SSSR count). The number of rotatable bonds is 3. The molecule has 1 aromatic heterocycles. The van der Waals surface area contributed by atoms with Crippen molar-refractivity contribution in [1.82, 2.24) is 19.7 Å². The van der Waals surface area contributed by atoms with Crippen LogP contribution < -0.4 is 0 Å². The normalized spacial score (nSPS) is 31.6. The predicted molar refractivity (Wildman–Crippen MR) is 78.9 cm³/mol. The van der Waals surface area contributed by atoms with E-state index in [4.69, 9.17) is 12.2 Å². The molecular formula is C14H24N4S.